The van der Waals surface area contributed by atoms with E-state index in [2.05, 4.69) is 0 Å². The minimum atomic E-state index is -0.581. The highest BCUT2D eigenvalue weighted by Crippen LogP contribution is 2.32. The third-order valence-corrected chi connectivity index (χ3v) is 4.25. The van der Waals surface area contributed by atoms with Crippen LogP contribution in [0.2, 0.25) is 10.0 Å². The number of methoxy groups -OCH3 is 1. The van der Waals surface area contributed by atoms with Gasteiger partial charge in [-0.05, 0) is 18.2 Å². The van der Waals surface area contributed by atoms with E-state index in [1.165, 1.54) is 0 Å². The summed E-state index contributed by atoms with van der Waals surface area (Å²) in [6.45, 7) is 0.367. The van der Waals surface area contributed by atoms with Gasteiger partial charge in [0.05, 0.1) is 16.7 Å². The molecule has 26 heavy (non-hydrogen) atoms. The number of benzene rings is 2. The molecule has 0 saturated carbocycles. The molecule has 0 amide bonds. The number of hydrogen-bond donors (Lipinski definition) is 0. The van der Waals surface area contributed by atoms with Gasteiger partial charge in [0.15, 0.2) is 5.75 Å². The topological polar surface area (TPSA) is 57.9 Å². The first-order valence-corrected chi connectivity index (χ1v) is 8.60. The maximum atomic E-state index is 12.4. The van der Waals surface area contributed by atoms with Gasteiger partial charge in [-0.2, -0.15) is 0 Å². The molecule has 0 bridgehead atoms. The van der Waals surface area contributed by atoms with E-state index >= 15 is 0 Å². The molecule has 0 N–H and O–H groups in total. The zero-order valence-corrected chi connectivity index (χ0v) is 15.5. The van der Waals surface area contributed by atoms with Crippen molar-refractivity contribution in [3.63, 3.8) is 0 Å². The van der Waals surface area contributed by atoms with Crippen molar-refractivity contribution in [2.45, 2.75) is 6.61 Å². The van der Waals surface area contributed by atoms with E-state index in [0.717, 1.165) is 5.39 Å². The maximum Gasteiger partial charge on any atom is 0.374 e. The van der Waals surface area contributed by atoms with Gasteiger partial charge in [-0.25, -0.2) is 4.79 Å². The summed E-state index contributed by atoms with van der Waals surface area (Å²) in [5.41, 5.74) is 1.26. The molecule has 136 valence electrons. The van der Waals surface area contributed by atoms with Gasteiger partial charge in [0.1, 0.15) is 18.8 Å². The number of rotatable bonds is 7. The SMILES string of the molecule is COCc1c(C(=O)OCCOc2c(Cl)cccc2Cl)oc2ccccc12. The molecule has 1 heterocycles. The van der Waals surface area contributed by atoms with E-state index in [9.17, 15) is 4.79 Å². The summed E-state index contributed by atoms with van der Waals surface area (Å²) in [4.78, 5) is 12.4. The maximum absolute atomic E-state index is 12.4. The zero-order chi connectivity index (χ0) is 18.5. The lowest BCUT2D eigenvalue weighted by Crippen LogP contribution is -2.13. The second-order valence-corrected chi connectivity index (χ2v) is 6.19. The van der Waals surface area contributed by atoms with Gasteiger partial charge in [0, 0.05) is 18.1 Å². The molecule has 3 aromatic rings. The third kappa shape index (κ3) is 3.96. The van der Waals surface area contributed by atoms with Crippen LogP contribution in [0.4, 0.5) is 0 Å². The fraction of sp³-hybridized carbons (Fsp3) is 0.211. The number of carbonyl (C=O) groups excluding carboxylic acids is 1. The van der Waals surface area contributed by atoms with Gasteiger partial charge in [-0.3, -0.25) is 0 Å². The van der Waals surface area contributed by atoms with Crippen LogP contribution in [0.25, 0.3) is 11.0 Å². The summed E-state index contributed by atoms with van der Waals surface area (Å²) in [5, 5.41) is 1.60. The van der Waals surface area contributed by atoms with Crippen LogP contribution in [0.1, 0.15) is 16.1 Å². The van der Waals surface area contributed by atoms with Crippen LogP contribution < -0.4 is 4.74 Å². The highest BCUT2D eigenvalue weighted by molar-refractivity contribution is 6.37. The smallest absolute Gasteiger partial charge is 0.374 e. The molecular weight excluding hydrogens is 379 g/mol. The number of hydrogen-bond acceptors (Lipinski definition) is 5. The average Bonchev–Trinajstić information content (AvgIpc) is 3.00. The van der Waals surface area contributed by atoms with Crippen LogP contribution in [-0.4, -0.2) is 26.3 Å². The summed E-state index contributed by atoms with van der Waals surface area (Å²) < 4.78 is 21.5. The zero-order valence-electron chi connectivity index (χ0n) is 14.0. The van der Waals surface area contributed by atoms with E-state index in [1.807, 2.05) is 18.2 Å². The Balaban J connectivity index is 1.65. The van der Waals surface area contributed by atoms with Crippen LogP contribution in [0, 0.1) is 0 Å². The summed E-state index contributed by atoms with van der Waals surface area (Å²) >= 11 is 12.0. The molecule has 0 aliphatic rings. The number of fused-ring (bicyclic) bond motifs is 1. The second-order valence-electron chi connectivity index (χ2n) is 5.37. The van der Waals surface area contributed by atoms with E-state index in [1.54, 1.807) is 31.4 Å². The van der Waals surface area contributed by atoms with Gasteiger partial charge in [0.25, 0.3) is 0 Å². The predicted octanol–water partition coefficient (Wildman–Crippen LogP) is 5.12. The largest absolute Gasteiger partial charge is 0.487 e. The monoisotopic (exact) mass is 394 g/mol. The molecule has 0 fully saturated rings. The molecule has 0 saturated heterocycles. The van der Waals surface area contributed by atoms with Gasteiger partial charge >= 0.3 is 5.97 Å². The van der Waals surface area contributed by atoms with E-state index in [-0.39, 0.29) is 25.6 Å². The van der Waals surface area contributed by atoms with Crippen LogP contribution in [0.5, 0.6) is 5.75 Å². The number of ether oxygens (including phenoxy) is 3. The molecule has 0 aliphatic carbocycles. The summed E-state index contributed by atoms with van der Waals surface area (Å²) in [5.74, 6) is -0.0957. The van der Waals surface area contributed by atoms with Crippen molar-refractivity contribution >= 4 is 40.1 Å². The quantitative estimate of drug-likeness (QED) is 0.411. The average molecular weight is 395 g/mol. The standard InChI is InChI=1S/C19H16Cl2O5/c1-23-11-13-12-5-2-3-8-16(12)26-17(13)19(22)25-10-9-24-18-14(20)6-4-7-15(18)21/h2-8H,9-11H2,1H3. The Kier molecular flexibility index (Phi) is 6.04. The number of furan rings is 1. The van der Waals surface area contributed by atoms with Crippen LogP contribution in [0.3, 0.4) is 0 Å². The van der Waals surface area contributed by atoms with Crippen LogP contribution in [0.15, 0.2) is 46.9 Å². The molecule has 5 nitrogen and oxygen atoms in total. The summed E-state index contributed by atoms with van der Waals surface area (Å²) in [7, 11) is 1.55. The van der Waals surface area contributed by atoms with Crippen molar-refractivity contribution in [1.29, 1.82) is 0 Å². The van der Waals surface area contributed by atoms with Crippen molar-refractivity contribution in [2.24, 2.45) is 0 Å². The Morgan fingerprint density at radius 1 is 1.04 bits per heavy atom. The highest BCUT2D eigenvalue weighted by Gasteiger charge is 2.21. The molecule has 7 heteroatoms. The number of carbonyl (C=O) groups is 1. The highest BCUT2D eigenvalue weighted by atomic mass is 35.5. The Hall–Kier alpha value is -2.21. The molecule has 0 aliphatic heterocycles. The van der Waals surface area contributed by atoms with Crippen molar-refractivity contribution in [3.8, 4) is 5.75 Å². The Morgan fingerprint density at radius 3 is 2.50 bits per heavy atom. The van der Waals surface area contributed by atoms with Crippen molar-refractivity contribution < 1.29 is 23.4 Å². The fourth-order valence-electron chi connectivity index (χ4n) is 2.52. The van der Waals surface area contributed by atoms with Gasteiger partial charge in [-0.15, -0.1) is 0 Å². The molecule has 1 aromatic heterocycles. The fourth-order valence-corrected chi connectivity index (χ4v) is 3.02. The van der Waals surface area contributed by atoms with E-state index < -0.39 is 5.97 Å². The molecule has 0 atom stereocenters. The van der Waals surface area contributed by atoms with Crippen LogP contribution >= 0.6 is 23.2 Å². The lowest BCUT2D eigenvalue weighted by atomic mass is 10.1. The molecule has 0 spiro atoms. The second kappa shape index (κ2) is 8.45. The van der Waals surface area contributed by atoms with Crippen molar-refractivity contribution in [3.05, 3.63) is 63.8 Å². The van der Waals surface area contributed by atoms with Crippen molar-refractivity contribution in [1.82, 2.24) is 0 Å². The van der Waals surface area contributed by atoms with Gasteiger partial charge in [-0.1, -0.05) is 47.5 Å². The first-order valence-electron chi connectivity index (χ1n) is 7.85. The van der Waals surface area contributed by atoms with Gasteiger partial charge < -0.3 is 18.6 Å². The number of para-hydroxylation sites is 2. The van der Waals surface area contributed by atoms with E-state index in [0.29, 0.717) is 26.9 Å². The number of halogens is 2. The minimum Gasteiger partial charge on any atom is -0.487 e. The molecular formula is C19H16Cl2O5. The molecule has 0 unspecified atom stereocenters. The molecule has 2 aromatic carbocycles. The Morgan fingerprint density at radius 2 is 1.77 bits per heavy atom. The van der Waals surface area contributed by atoms with Gasteiger partial charge in [0.2, 0.25) is 5.76 Å². The first-order chi connectivity index (χ1) is 12.6. The molecule has 0 radical (unpaired) electrons. The lowest BCUT2D eigenvalue weighted by Gasteiger charge is -2.10. The first kappa shape index (κ1) is 18.6. The molecule has 3 rings (SSSR count). The summed E-state index contributed by atoms with van der Waals surface area (Å²) in [6.07, 6.45) is 0. The Labute approximate surface area is 160 Å². The lowest BCUT2D eigenvalue weighted by molar-refractivity contribution is 0.0412. The third-order valence-electron chi connectivity index (χ3n) is 3.65. The predicted molar refractivity (Wildman–Crippen MR) is 99.2 cm³/mol. The van der Waals surface area contributed by atoms with Crippen LogP contribution in [-0.2, 0) is 16.1 Å². The number of esters is 1. The Bertz CT molecular complexity index is 899. The minimum absolute atomic E-state index is 0.0177. The normalized spacial score (nSPS) is 10.9. The van der Waals surface area contributed by atoms with E-state index in [4.69, 9.17) is 41.8 Å². The summed E-state index contributed by atoms with van der Waals surface area (Å²) in [6, 6.07) is 12.4. The van der Waals surface area contributed by atoms with Crippen molar-refractivity contribution in [2.75, 3.05) is 20.3 Å².